The van der Waals surface area contributed by atoms with Gasteiger partial charge in [0.2, 0.25) is 0 Å². The molecule has 1 aliphatic heterocycles. The highest BCUT2D eigenvalue weighted by Crippen LogP contribution is 2.33. The summed E-state index contributed by atoms with van der Waals surface area (Å²) in [6, 6.07) is 18.6. The van der Waals surface area contributed by atoms with E-state index in [9.17, 15) is 15.3 Å². The molecule has 5 atom stereocenters. The Hall–Kier alpha value is -1.76. The van der Waals surface area contributed by atoms with Crippen molar-refractivity contribution < 1.29 is 24.8 Å². The van der Waals surface area contributed by atoms with Gasteiger partial charge in [0.25, 0.3) is 0 Å². The zero-order chi connectivity index (χ0) is 16.2. The van der Waals surface area contributed by atoms with Gasteiger partial charge in [-0.25, -0.2) is 0 Å². The lowest BCUT2D eigenvalue weighted by atomic mass is 9.93. The smallest absolute Gasteiger partial charge is 0.184 e. The van der Waals surface area contributed by atoms with Gasteiger partial charge in [-0.2, -0.15) is 0 Å². The molecule has 1 saturated heterocycles. The van der Waals surface area contributed by atoms with Crippen molar-refractivity contribution in [3.63, 3.8) is 0 Å². The first-order chi connectivity index (χ1) is 11.2. The number of aliphatic hydroxyl groups excluding tert-OH is 3. The van der Waals surface area contributed by atoms with Crippen molar-refractivity contribution in [1.29, 1.82) is 0 Å². The summed E-state index contributed by atoms with van der Waals surface area (Å²) >= 11 is 0. The topological polar surface area (TPSA) is 79.2 Å². The highest BCUT2D eigenvalue weighted by atomic mass is 16.6. The minimum Gasteiger partial charge on any atom is -0.387 e. The molecule has 2 aromatic rings. The number of hydrogen-bond donors (Lipinski definition) is 3. The molecule has 1 fully saturated rings. The Morgan fingerprint density at radius 3 is 2.09 bits per heavy atom. The Balaban J connectivity index is 1.74. The second-order valence-electron chi connectivity index (χ2n) is 5.60. The highest BCUT2D eigenvalue weighted by molar-refractivity contribution is 5.20. The van der Waals surface area contributed by atoms with Crippen LogP contribution in [0.2, 0.25) is 0 Å². The molecule has 0 saturated carbocycles. The van der Waals surface area contributed by atoms with Crippen molar-refractivity contribution in [2.24, 2.45) is 0 Å². The van der Waals surface area contributed by atoms with E-state index in [0.29, 0.717) is 0 Å². The standard InChI is InChI=1S/C18H20O5/c19-14-16(13-9-5-2-6-10-13)23-18(21)15(20)17(14)22-11-12-7-3-1-4-8-12/h1-10,14-21H,11H2/t14-,15-,16-,17+,18?/m1/s1. The van der Waals surface area contributed by atoms with Crippen LogP contribution in [-0.2, 0) is 16.1 Å². The maximum absolute atomic E-state index is 10.5. The normalized spacial score (nSPS) is 31.0. The van der Waals surface area contributed by atoms with E-state index < -0.39 is 30.7 Å². The van der Waals surface area contributed by atoms with Gasteiger partial charge in [-0.05, 0) is 11.1 Å². The van der Waals surface area contributed by atoms with E-state index in [-0.39, 0.29) is 6.61 Å². The fourth-order valence-electron chi connectivity index (χ4n) is 2.73. The van der Waals surface area contributed by atoms with Crippen LogP contribution in [-0.4, -0.2) is 39.9 Å². The molecule has 3 rings (SSSR count). The third kappa shape index (κ3) is 3.60. The molecule has 1 heterocycles. The zero-order valence-corrected chi connectivity index (χ0v) is 12.5. The summed E-state index contributed by atoms with van der Waals surface area (Å²) in [6.45, 7) is 0.230. The predicted octanol–water partition coefficient (Wildman–Crippen LogP) is 1.38. The molecule has 5 nitrogen and oxygen atoms in total. The first-order valence-electron chi connectivity index (χ1n) is 7.57. The van der Waals surface area contributed by atoms with Crippen molar-refractivity contribution in [2.45, 2.75) is 37.3 Å². The van der Waals surface area contributed by atoms with Crippen LogP contribution in [0.1, 0.15) is 17.2 Å². The van der Waals surface area contributed by atoms with Crippen molar-refractivity contribution in [3.8, 4) is 0 Å². The lowest BCUT2D eigenvalue weighted by molar-refractivity contribution is -0.294. The Bertz CT molecular complexity index is 603. The minimum atomic E-state index is -1.41. The molecule has 0 aliphatic carbocycles. The van der Waals surface area contributed by atoms with Crippen LogP contribution >= 0.6 is 0 Å². The van der Waals surface area contributed by atoms with Crippen molar-refractivity contribution in [2.75, 3.05) is 0 Å². The molecule has 2 aromatic carbocycles. The Morgan fingerprint density at radius 1 is 0.826 bits per heavy atom. The summed E-state index contributed by atoms with van der Waals surface area (Å²) in [4.78, 5) is 0. The molecule has 0 spiro atoms. The maximum atomic E-state index is 10.5. The first-order valence-corrected chi connectivity index (χ1v) is 7.57. The van der Waals surface area contributed by atoms with Crippen molar-refractivity contribution in [1.82, 2.24) is 0 Å². The van der Waals surface area contributed by atoms with Crippen LogP contribution in [0.3, 0.4) is 0 Å². The van der Waals surface area contributed by atoms with Crippen molar-refractivity contribution in [3.05, 3.63) is 71.8 Å². The predicted molar refractivity (Wildman–Crippen MR) is 83.3 cm³/mol. The van der Waals surface area contributed by atoms with Crippen LogP contribution in [0, 0.1) is 0 Å². The first kappa shape index (κ1) is 16.1. The molecule has 5 heteroatoms. The number of rotatable bonds is 4. The van der Waals surface area contributed by atoms with Gasteiger partial charge in [0, 0.05) is 0 Å². The molecular formula is C18H20O5. The molecule has 0 bridgehead atoms. The number of benzene rings is 2. The van der Waals surface area contributed by atoms with Crippen LogP contribution in [0.4, 0.5) is 0 Å². The summed E-state index contributed by atoms with van der Waals surface area (Å²) in [6.07, 6.45) is -5.50. The van der Waals surface area contributed by atoms with Gasteiger partial charge in [0.1, 0.15) is 24.4 Å². The van der Waals surface area contributed by atoms with Gasteiger partial charge in [-0.1, -0.05) is 60.7 Å². The average molecular weight is 316 g/mol. The molecule has 0 aromatic heterocycles. The van der Waals surface area contributed by atoms with E-state index in [0.717, 1.165) is 11.1 Å². The van der Waals surface area contributed by atoms with Gasteiger partial charge in [-0.3, -0.25) is 0 Å². The summed E-state index contributed by atoms with van der Waals surface area (Å²) in [7, 11) is 0. The number of ether oxygens (including phenoxy) is 2. The zero-order valence-electron chi connectivity index (χ0n) is 12.5. The fourth-order valence-corrected chi connectivity index (χ4v) is 2.73. The van der Waals surface area contributed by atoms with E-state index in [1.807, 2.05) is 48.5 Å². The molecule has 3 N–H and O–H groups in total. The second-order valence-corrected chi connectivity index (χ2v) is 5.60. The van der Waals surface area contributed by atoms with Crippen molar-refractivity contribution >= 4 is 0 Å². The van der Waals surface area contributed by atoms with E-state index in [2.05, 4.69) is 0 Å². The van der Waals surface area contributed by atoms with Crippen LogP contribution < -0.4 is 0 Å². The maximum Gasteiger partial charge on any atom is 0.184 e. The average Bonchev–Trinajstić information content (AvgIpc) is 2.60. The van der Waals surface area contributed by atoms with E-state index in [1.54, 1.807) is 12.1 Å². The third-order valence-corrected chi connectivity index (χ3v) is 3.97. The van der Waals surface area contributed by atoms with Crippen LogP contribution in [0.25, 0.3) is 0 Å². The molecule has 0 radical (unpaired) electrons. The molecule has 0 amide bonds. The van der Waals surface area contributed by atoms with Gasteiger partial charge >= 0.3 is 0 Å². The summed E-state index contributed by atoms with van der Waals surface area (Å²) < 4.78 is 11.0. The molecule has 1 aliphatic rings. The second kappa shape index (κ2) is 7.21. The van der Waals surface area contributed by atoms with Gasteiger partial charge in [0.15, 0.2) is 6.29 Å². The molecule has 23 heavy (non-hydrogen) atoms. The Morgan fingerprint density at radius 2 is 1.43 bits per heavy atom. The molecular weight excluding hydrogens is 296 g/mol. The lowest BCUT2D eigenvalue weighted by Gasteiger charge is -2.40. The van der Waals surface area contributed by atoms with E-state index >= 15 is 0 Å². The number of hydrogen-bond acceptors (Lipinski definition) is 5. The van der Waals surface area contributed by atoms with Gasteiger partial charge in [0.05, 0.1) is 6.61 Å². The van der Waals surface area contributed by atoms with Gasteiger partial charge in [-0.15, -0.1) is 0 Å². The Labute approximate surface area is 134 Å². The van der Waals surface area contributed by atoms with E-state index in [4.69, 9.17) is 9.47 Å². The summed E-state index contributed by atoms with van der Waals surface area (Å²) in [5.74, 6) is 0. The van der Waals surface area contributed by atoms with Gasteiger partial charge < -0.3 is 24.8 Å². The van der Waals surface area contributed by atoms with E-state index in [1.165, 1.54) is 0 Å². The monoisotopic (exact) mass is 316 g/mol. The lowest BCUT2D eigenvalue weighted by Crippen LogP contribution is -2.55. The van der Waals surface area contributed by atoms with Crippen LogP contribution in [0.15, 0.2) is 60.7 Å². The third-order valence-electron chi connectivity index (χ3n) is 3.97. The summed E-state index contributed by atoms with van der Waals surface area (Å²) in [5, 5.41) is 30.5. The molecule has 1 unspecified atom stereocenters. The quantitative estimate of drug-likeness (QED) is 0.794. The fraction of sp³-hybridized carbons (Fsp3) is 0.333. The number of aliphatic hydroxyl groups is 3. The molecule has 122 valence electrons. The largest absolute Gasteiger partial charge is 0.387 e. The summed E-state index contributed by atoms with van der Waals surface area (Å²) in [5.41, 5.74) is 1.64. The minimum absolute atomic E-state index is 0.230. The highest BCUT2D eigenvalue weighted by Gasteiger charge is 2.45. The SMILES string of the molecule is OC1O[C@H](c2ccccc2)[C@@H](O)[C@H](OCc2ccccc2)[C@H]1O. The Kier molecular flexibility index (Phi) is 5.05. The van der Waals surface area contributed by atoms with Crippen LogP contribution in [0.5, 0.6) is 0 Å².